The van der Waals surface area contributed by atoms with E-state index in [9.17, 15) is 18.0 Å². The Hall–Kier alpha value is -1.97. The molecule has 25 heavy (non-hydrogen) atoms. The summed E-state index contributed by atoms with van der Waals surface area (Å²) in [5, 5.41) is 2.68. The van der Waals surface area contributed by atoms with Crippen molar-refractivity contribution in [2.75, 3.05) is 45.9 Å². The van der Waals surface area contributed by atoms with E-state index in [0.717, 1.165) is 39.3 Å². The predicted octanol–water partition coefficient (Wildman–Crippen LogP) is -0.330. The summed E-state index contributed by atoms with van der Waals surface area (Å²) in [6.45, 7) is 4.00. The van der Waals surface area contributed by atoms with Crippen LogP contribution in [0.3, 0.4) is 0 Å². The normalized spacial score (nSPS) is 19.7. The maximum absolute atomic E-state index is 12.4. The van der Waals surface area contributed by atoms with Gasteiger partial charge in [-0.25, -0.2) is 12.7 Å². The number of nitrogens with zero attached hydrogens (tertiary/aromatic N) is 2. The van der Waals surface area contributed by atoms with Crippen molar-refractivity contribution in [3.8, 4) is 0 Å². The Morgan fingerprint density at radius 2 is 1.92 bits per heavy atom. The van der Waals surface area contributed by atoms with Gasteiger partial charge >= 0.3 is 0 Å². The Bertz CT molecular complexity index is 759. The molecular weight excluding hydrogens is 346 g/mol. The molecular formula is C16H21N3O5S. The molecule has 0 bridgehead atoms. The zero-order valence-electron chi connectivity index (χ0n) is 13.8. The Labute approximate surface area is 146 Å². The fraction of sp³-hybridized carbons (Fsp3) is 0.500. The quantitative estimate of drug-likeness (QED) is 0.692. The number of hydrogen-bond donors (Lipinski definition) is 1. The van der Waals surface area contributed by atoms with Crippen molar-refractivity contribution in [2.24, 2.45) is 0 Å². The van der Waals surface area contributed by atoms with E-state index in [1.807, 2.05) is 0 Å². The van der Waals surface area contributed by atoms with Gasteiger partial charge in [-0.2, -0.15) is 0 Å². The number of nitrogens with one attached hydrogen (secondary N) is 1. The first kappa shape index (κ1) is 17.8. The fourth-order valence-electron chi connectivity index (χ4n) is 2.93. The van der Waals surface area contributed by atoms with E-state index in [4.69, 9.17) is 4.74 Å². The molecule has 1 aromatic rings. The molecule has 0 spiro atoms. The summed E-state index contributed by atoms with van der Waals surface area (Å²) >= 11 is 0. The molecule has 0 unspecified atom stereocenters. The molecule has 1 fully saturated rings. The highest BCUT2D eigenvalue weighted by Gasteiger charge is 2.41. The van der Waals surface area contributed by atoms with Gasteiger partial charge in [-0.05, 0) is 25.1 Å². The third-order valence-corrected chi connectivity index (χ3v) is 6.06. The molecule has 2 aliphatic heterocycles. The first-order valence-electron chi connectivity index (χ1n) is 8.23. The summed E-state index contributed by atoms with van der Waals surface area (Å²) in [4.78, 5) is 26.5. The Morgan fingerprint density at radius 1 is 1.20 bits per heavy atom. The molecule has 0 atom stereocenters. The van der Waals surface area contributed by atoms with Crippen molar-refractivity contribution in [3.63, 3.8) is 0 Å². The number of sulfonamides is 1. The second-order valence-corrected chi connectivity index (χ2v) is 7.80. The largest absolute Gasteiger partial charge is 0.379 e. The molecule has 2 amide bonds. The number of rotatable bonds is 6. The lowest BCUT2D eigenvalue weighted by Crippen LogP contribution is -2.41. The van der Waals surface area contributed by atoms with Crippen LogP contribution in [0.25, 0.3) is 0 Å². The number of amides is 2. The predicted molar refractivity (Wildman–Crippen MR) is 89.6 cm³/mol. The highest BCUT2D eigenvalue weighted by Crippen LogP contribution is 2.29. The van der Waals surface area contributed by atoms with Crippen molar-refractivity contribution in [3.05, 3.63) is 29.8 Å². The Kier molecular flexibility index (Phi) is 5.36. The van der Waals surface area contributed by atoms with Crippen molar-refractivity contribution in [1.82, 2.24) is 14.5 Å². The highest BCUT2D eigenvalue weighted by atomic mass is 32.2. The molecule has 1 aromatic carbocycles. The van der Waals surface area contributed by atoms with Crippen LogP contribution in [0.4, 0.5) is 0 Å². The number of carbonyl (C=O) groups excluding carboxylic acids is 2. The summed E-state index contributed by atoms with van der Waals surface area (Å²) < 4.78 is 30.6. The van der Waals surface area contributed by atoms with Gasteiger partial charge in [-0.1, -0.05) is 12.1 Å². The first-order valence-corrected chi connectivity index (χ1v) is 9.67. The van der Waals surface area contributed by atoms with Gasteiger partial charge in [0.25, 0.3) is 15.9 Å². The average molecular weight is 367 g/mol. The van der Waals surface area contributed by atoms with Gasteiger partial charge in [-0.3, -0.25) is 14.5 Å². The van der Waals surface area contributed by atoms with Crippen LogP contribution in [-0.2, 0) is 19.6 Å². The summed E-state index contributed by atoms with van der Waals surface area (Å²) in [6.07, 6.45) is 0.757. The molecule has 9 heteroatoms. The van der Waals surface area contributed by atoms with Gasteiger partial charge in [0.2, 0.25) is 5.91 Å². The van der Waals surface area contributed by atoms with E-state index >= 15 is 0 Å². The summed E-state index contributed by atoms with van der Waals surface area (Å²) in [7, 11) is -3.94. The number of carbonyl (C=O) groups is 2. The van der Waals surface area contributed by atoms with Crippen molar-refractivity contribution in [1.29, 1.82) is 0 Å². The van der Waals surface area contributed by atoms with Crippen LogP contribution >= 0.6 is 0 Å². The number of hydrogen-bond acceptors (Lipinski definition) is 6. The van der Waals surface area contributed by atoms with Crippen LogP contribution in [-0.4, -0.2) is 75.4 Å². The van der Waals surface area contributed by atoms with Gasteiger partial charge in [0, 0.05) is 19.6 Å². The van der Waals surface area contributed by atoms with Crippen molar-refractivity contribution < 1.29 is 22.7 Å². The van der Waals surface area contributed by atoms with E-state index in [-0.39, 0.29) is 10.5 Å². The van der Waals surface area contributed by atoms with Gasteiger partial charge in [0.05, 0.1) is 18.8 Å². The molecule has 0 saturated carbocycles. The standard InChI is InChI=1S/C16H21N3O5S/c20-15(17-6-3-7-18-8-10-24-11-9-18)12-19-16(21)13-4-1-2-5-14(13)25(19,22)23/h1-2,4-5H,3,6-12H2,(H,17,20). The summed E-state index contributed by atoms with van der Waals surface area (Å²) in [6, 6.07) is 5.98. The molecule has 136 valence electrons. The van der Waals surface area contributed by atoms with Crippen LogP contribution in [0.2, 0.25) is 0 Å². The van der Waals surface area contributed by atoms with Crippen LogP contribution < -0.4 is 5.32 Å². The van der Waals surface area contributed by atoms with Crippen LogP contribution in [0.5, 0.6) is 0 Å². The smallest absolute Gasteiger partial charge is 0.269 e. The zero-order chi connectivity index (χ0) is 17.9. The number of ether oxygens (including phenoxy) is 1. The van der Waals surface area contributed by atoms with Crippen LogP contribution in [0, 0.1) is 0 Å². The number of fused-ring (bicyclic) bond motifs is 1. The minimum atomic E-state index is -3.94. The molecule has 0 aliphatic carbocycles. The maximum Gasteiger partial charge on any atom is 0.269 e. The molecule has 0 aromatic heterocycles. The molecule has 3 rings (SSSR count). The van der Waals surface area contributed by atoms with Gasteiger partial charge in [0.15, 0.2) is 0 Å². The highest BCUT2D eigenvalue weighted by molar-refractivity contribution is 7.90. The summed E-state index contributed by atoms with van der Waals surface area (Å²) in [5.41, 5.74) is 0.114. The molecule has 2 aliphatic rings. The van der Waals surface area contributed by atoms with Gasteiger partial charge in [-0.15, -0.1) is 0 Å². The average Bonchev–Trinajstić information content (AvgIpc) is 2.81. The zero-order valence-corrected chi connectivity index (χ0v) is 14.6. The SMILES string of the molecule is O=C(CN1C(=O)c2ccccc2S1(=O)=O)NCCCN1CCOCC1. The molecule has 2 heterocycles. The topological polar surface area (TPSA) is 96.0 Å². The lowest BCUT2D eigenvalue weighted by molar-refractivity contribution is -0.121. The number of benzene rings is 1. The molecule has 0 radical (unpaired) electrons. The van der Waals surface area contributed by atoms with Crippen LogP contribution in [0.15, 0.2) is 29.2 Å². The fourth-order valence-corrected chi connectivity index (χ4v) is 4.45. The van der Waals surface area contributed by atoms with Crippen molar-refractivity contribution in [2.45, 2.75) is 11.3 Å². The van der Waals surface area contributed by atoms with Gasteiger partial charge < -0.3 is 10.1 Å². The van der Waals surface area contributed by atoms with E-state index in [1.54, 1.807) is 12.1 Å². The van der Waals surface area contributed by atoms with E-state index in [0.29, 0.717) is 10.8 Å². The lowest BCUT2D eigenvalue weighted by Gasteiger charge is -2.26. The second kappa shape index (κ2) is 7.51. The Balaban J connectivity index is 1.49. The molecule has 1 N–H and O–H groups in total. The Morgan fingerprint density at radius 3 is 2.64 bits per heavy atom. The lowest BCUT2D eigenvalue weighted by atomic mass is 10.2. The van der Waals surface area contributed by atoms with E-state index in [2.05, 4.69) is 10.2 Å². The maximum atomic E-state index is 12.4. The van der Waals surface area contributed by atoms with Gasteiger partial charge in [0.1, 0.15) is 11.4 Å². The van der Waals surface area contributed by atoms with Crippen molar-refractivity contribution >= 4 is 21.8 Å². The second-order valence-electron chi connectivity index (χ2n) is 5.97. The third kappa shape index (κ3) is 3.83. The van der Waals surface area contributed by atoms with E-state index in [1.165, 1.54) is 12.1 Å². The molecule has 1 saturated heterocycles. The van der Waals surface area contributed by atoms with E-state index < -0.39 is 28.4 Å². The number of morpholine rings is 1. The first-order chi connectivity index (χ1) is 12.0. The van der Waals surface area contributed by atoms with Crippen LogP contribution in [0.1, 0.15) is 16.8 Å². The third-order valence-electron chi connectivity index (χ3n) is 4.28. The summed E-state index contributed by atoms with van der Waals surface area (Å²) in [5.74, 6) is -1.13. The minimum Gasteiger partial charge on any atom is -0.379 e. The monoisotopic (exact) mass is 367 g/mol. The minimum absolute atomic E-state index is 0.0416. The molecule has 8 nitrogen and oxygen atoms in total.